The van der Waals surface area contributed by atoms with Gasteiger partial charge in [0.05, 0.1) is 6.61 Å². The van der Waals surface area contributed by atoms with Gasteiger partial charge in [-0.3, -0.25) is 0 Å². The highest BCUT2D eigenvalue weighted by atomic mass is 16.5. The van der Waals surface area contributed by atoms with Gasteiger partial charge in [-0.05, 0) is 26.0 Å². The number of esters is 1. The van der Waals surface area contributed by atoms with E-state index in [0.717, 1.165) is 0 Å². The maximum atomic E-state index is 11.8. The van der Waals surface area contributed by atoms with Gasteiger partial charge in [0.2, 0.25) is 0 Å². The highest BCUT2D eigenvalue weighted by Crippen LogP contribution is 2.25. The van der Waals surface area contributed by atoms with Crippen molar-refractivity contribution in [2.24, 2.45) is 0 Å². The lowest BCUT2D eigenvalue weighted by Crippen LogP contribution is -2.16. The third-order valence-electron chi connectivity index (χ3n) is 2.03. The van der Waals surface area contributed by atoms with Crippen molar-refractivity contribution in [1.82, 2.24) is 0 Å². The second-order valence-corrected chi connectivity index (χ2v) is 3.33. The smallest absolute Gasteiger partial charge is 0.345 e. The van der Waals surface area contributed by atoms with E-state index in [4.69, 9.17) is 20.5 Å². The molecule has 17 heavy (non-hydrogen) atoms. The second kappa shape index (κ2) is 5.75. The number of nitrogens with two attached hydrogens (primary N) is 1. The first-order valence-corrected chi connectivity index (χ1v) is 5.22. The minimum Gasteiger partial charge on any atom is -0.493 e. The van der Waals surface area contributed by atoms with Gasteiger partial charge in [-0.15, -0.1) is 0 Å². The van der Waals surface area contributed by atoms with E-state index < -0.39 is 12.1 Å². The Balaban J connectivity index is 3.03. The van der Waals surface area contributed by atoms with Crippen LogP contribution in [0.15, 0.2) is 18.2 Å². The van der Waals surface area contributed by atoms with Crippen molar-refractivity contribution < 1.29 is 14.3 Å². The predicted molar refractivity (Wildman–Crippen MR) is 62.5 cm³/mol. The zero-order chi connectivity index (χ0) is 12.8. The first-order valence-electron chi connectivity index (χ1n) is 5.22. The quantitative estimate of drug-likeness (QED) is 0.633. The molecule has 0 amide bonds. The van der Waals surface area contributed by atoms with Gasteiger partial charge < -0.3 is 15.2 Å². The van der Waals surface area contributed by atoms with Gasteiger partial charge in [0, 0.05) is 5.69 Å². The lowest BCUT2D eigenvalue weighted by molar-refractivity contribution is 0.0432. The molecule has 0 fully saturated rings. The van der Waals surface area contributed by atoms with E-state index in [1.807, 2.05) is 6.07 Å². The standard InChI is InChI=1S/C12H14N2O3/c1-3-16-10-6-4-5-9(14)11(10)12(15)17-8(2)7-13/h4-6,8H,3,14H2,1-2H3. The van der Waals surface area contributed by atoms with Crippen LogP contribution < -0.4 is 10.5 Å². The number of ether oxygens (including phenoxy) is 2. The van der Waals surface area contributed by atoms with Crippen LogP contribution in [0.5, 0.6) is 5.75 Å². The molecule has 0 heterocycles. The minimum absolute atomic E-state index is 0.163. The largest absolute Gasteiger partial charge is 0.493 e. The molecule has 1 atom stereocenters. The monoisotopic (exact) mass is 234 g/mol. The first-order chi connectivity index (χ1) is 8.10. The molecule has 0 bridgehead atoms. The van der Waals surface area contributed by atoms with E-state index in [1.54, 1.807) is 25.1 Å². The van der Waals surface area contributed by atoms with E-state index in [-0.39, 0.29) is 11.3 Å². The molecule has 0 aliphatic heterocycles. The number of nitrogens with zero attached hydrogens (tertiary/aromatic N) is 1. The van der Waals surface area contributed by atoms with Crippen molar-refractivity contribution in [3.63, 3.8) is 0 Å². The Hall–Kier alpha value is -2.22. The Morgan fingerprint density at radius 1 is 1.59 bits per heavy atom. The van der Waals surface area contributed by atoms with Gasteiger partial charge in [-0.1, -0.05) is 6.07 Å². The summed E-state index contributed by atoms with van der Waals surface area (Å²) in [4.78, 5) is 11.8. The Morgan fingerprint density at radius 2 is 2.29 bits per heavy atom. The maximum absolute atomic E-state index is 11.8. The van der Waals surface area contributed by atoms with Crippen LogP contribution >= 0.6 is 0 Å². The number of rotatable bonds is 4. The van der Waals surface area contributed by atoms with Gasteiger partial charge in [-0.2, -0.15) is 5.26 Å². The van der Waals surface area contributed by atoms with E-state index in [9.17, 15) is 4.79 Å². The van der Waals surface area contributed by atoms with Crippen molar-refractivity contribution >= 4 is 11.7 Å². The molecule has 1 rings (SSSR count). The zero-order valence-electron chi connectivity index (χ0n) is 9.77. The molecule has 0 saturated heterocycles. The zero-order valence-corrected chi connectivity index (χ0v) is 9.77. The molecule has 1 aromatic rings. The van der Waals surface area contributed by atoms with Gasteiger partial charge in [-0.25, -0.2) is 4.79 Å². The summed E-state index contributed by atoms with van der Waals surface area (Å²) < 4.78 is 10.2. The van der Waals surface area contributed by atoms with Crippen LogP contribution in [0.1, 0.15) is 24.2 Å². The Kier molecular flexibility index (Phi) is 4.35. The van der Waals surface area contributed by atoms with E-state index in [2.05, 4.69) is 0 Å². The highest BCUT2D eigenvalue weighted by molar-refractivity contribution is 5.98. The fourth-order valence-electron chi connectivity index (χ4n) is 1.29. The van der Waals surface area contributed by atoms with Crippen LogP contribution in [0.3, 0.4) is 0 Å². The molecular formula is C12H14N2O3. The van der Waals surface area contributed by atoms with Crippen LogP contribution in [-0.4, -0.2) is 18.7 Å². The van der Waals surface area contributed by atoms with E-state index in [1.165, 1.54) is 6.92 Å². The van der Waals surface area contributed by atoms with E-state index >= 15 is 0 Å². The molecule has 1 unspecified atom stereocenters. The number of hydrogen-bond donors (Lipinski definition) is 1. The molecule has 2 N–H and O–H groups in total. The molecule has 0 aromatic heterocycles. The van der Waals surface area contributed by atoms with Crippen molar-refractivity contribution in [2.45, 2.75) is 20.0 Å². The molecule has 0 saturated carbocycles. The van der Waals surface area contributed by atoms with Crippen LogP contribution in [0.4, 0.5) is 5.69 Å². The molecule has 1 aromatic carbocycles. The molecule has 5 heteroatoms. The summed E-state index contributed by atoms with van der Waals surface area (Å²) in [6.45, 7) is 3.70. The summed E-state index contributed by atoms with van der Waals surface area (Å²) in [6, 6.07) is 6.71. The fourth-order valence-corrected chi connectivity index (χ4v) is 1.29. The summed E-state index contributed by atoms with van der Waals surface area (Å²) in [5.41, 5.74) is 6.14. The van der Waals surface area contributed by atoms with Crippen LogP contribution in [0.2, 0.25) is 0 Å². The summed E-state index contributed by atoms with van der Waals surface area (Å²) in [6.07, 6.45) is -0.823. The van der Waals surface area contributed by atoms with Crippen LogP contribution in [0, 0.1) is 11.3 Å². The first kappa shape index (κ1) is 12.8. The third kappa shape index (κ3) is 3.11. The number of benzene rings is 1. The molecule has 0 aliphatic carbocycles. The summed E-state index contributed by atoms with van der Waals surface area (Å²) in [7, 11) is 0. The van der Waals surface area contributed by atoms with Gasteiger partial charge in [0.25, 0.3) is 0 Å². The minimum atomic E-state index is -0.823. The number of nitrogen functional groups attached to an aromatic ring is 1. The number of carbonyl (C=O) groups is 1. The van der Waals surface area contributed by atoms with Crippen LogP contribution in [-0.2, 0) is 4.74 Å². The SMILES string of the molecule is CCOc1cccc(N)c1C(=O)OC(C)C#N. The Morgan fingerprint density at radius 3 is 2.88 bits per heavy atom. The molecule has 0 radical (unpaired) electrons. The van der Waals surface area contributed by atoms with Gasteiger partial charge in [0.15, 0.2) is 6.10 Å². The lowest BCUT2D eigenvalue weighted by atomic mass is 10.1. The van der Waals surface area contributed by atoms with Crippen molar-refractivity contribution in [3.8, 4) is 11.8 Å². The third-order valence-corrected chi connectivity index (χ3v) is 2.03. The maximum Gasteiger partial charge on any atom is 0.345 e. The molecular weight excluding hydrogens is 220 g/mol. The summed E-state index contributed by atoms with van der Waals surface area (Å²) >= 11 is 0. The highest BCUT2D eigenvalue weighted by Gasteiger charge is 2.19. The predicted octanol–water partition coefficient (Wildman–Crippen LogP) is 1.74. The van der Waals surface area contributed by atoms with E-state index in [0.29, 0.717) is 12.4 Å². The fraction of sp³-hybridized carbons (Fsp3) is 0.333. The Bertz CT molecular complexity index is 452. The Labute approximate surface area is 99.7 Å². The average molecular weight is 234 g/mol. The normalized spacial score (nSPS) is 11.4. The molecule has 5 nitrogen and oxygen atoms in total. The van der Waals surface area contributed by atoms with Crippen molar-refractivity contribution in [3.05, 3.63) is 23.8 Å². The summed E-state index contributed by atoms with van der Waals surface area (Å²) in [5.74, 6) is -0.289. The molecule has 0 aliphatic rings. The number of carbonyl (C=O) groups excluding carboxylic acids is 1. The summed E-state index contributed by atoms with van der Waals surface area (Å²) in [5, 5.41) is 8.58. The van der Waals surface area contributed by atoms with Crippen molar-refractivity contribution in [2.75, 3.05) is 12.3 Å². The van der Waals surface area contributed by atoms with Crippen LogP contribution in [0.25, 0.3) is 0 Å². The van der Waals surface area contributed by atoms with Crippen molar-refractivity contribution in [1.29, 1.82) is 5.26 Å². The average Bonchev–Trinajstić information content (AvgIpc) is 2.29. The molecule has 90 valence electrons. The second-order valence-electron chi connectivity index (χ2n) is 3.33. The van der Waals surface area contributed by atoms with Gasteiger partial charge >= 0.3 is 5.97 Å². The number of nitriles is 1. The lowest BCUT2D eigenvalue weighted by Gasteiger charge is -2.12. The van der Waals surface area contributed by atoms with Gasteiger partial charge in [0.1, 0.15) is 17.4 Å². The number of anilines is 1. The molecule has 0 spiro atoms. The number of hydrogen-bond acceptors (Lipinski definition) is 5. The topological polar surface area (TPSA) is 85.3 Å².